The smallest absolute Gasteiger partial charge is 0.339 e. The highest BCUT2D eigenvalue weighted by molar-refractivity contribution is 5.90. The summed E-state index contributed by atoms with van der Waals surface area (Å²) in [5.41, 5.74) is 1.13. The molecule has 0 fully saturated rings. The minimum absolute atomic E-state index is 0.315. The van der Waals surface area contributed by atoms with Gasteiger partial charge in [-0.15, -0.1) is 0 Å². The Bertz CT molecular complexity index is 820. The van der Waals surface area contributed by atoms with E-state index in [2.05, 4.69) is 13.2 Å². The summed E-state index contributed by atoms with van der Waals surface area (Å²) in [6.07, 6.45) is 8.15. The van der Waals surface area contributed by atoms with Gasteiger partial charge >= 0.3 is 17.9 Å². The number of ether oxygens (including phenoxy) is 3. The zero-order chi connectivity index (χ0) is 20.0. The molecule has 27 heavy (non-hydrogen) atoms. The van der Waals surface area contributed by atoms with Gasteiger partial charge in [-0.25, -0.2) is 14.4 Å². The van der Waals surface area contributed by atoms with Gasteiger partial charge in [-0.3, -0.25) is 0 Å². The normalized spacial score (nSPS) is 16.1. The van der Waals surface area contributed by atoms with Crippen molar-refractivity contribution in [2.24, 2.45) is 0 Å². The van der Waals surface area contributed by atoms with Crippen molar-refractivity contribution in [1.29, 1.82) is 0 Å². The van der Waals surface area contributed by atoms with Crippen LogP contribution in [0.2, 0.25) is 0 Å². The first kappa shape index (κ1) is 20.2. The van der Waals surface area contributed by atoms with Crippen LogP contribution in [0.1, 0.15) is 39.5 Å². The molecule has 0 radical (unpaired) electrons. The molecule has 0 heterocycles. The Morgan fingerprint density at radius 1 is 0.704 bits per heavy atom. The van der Waals surface area contributed by atoms with Crippen molar-refractivity contribution >= 4 is 17.9 Å². The SMILES string of the molecule is C=C(C)C(=O)OC1=CC=C(OC(=O)C2=CC=C(OC(=O)C(=C)C)CC2)CC1. The van der Waals surface area contributed by atoms with E-state index in [1.807, 2.05) is 0 Å². The fourth-order valence-corrected chi connectivity index (χ4v) is 2.24. The van der Waals surface area contributed by atoms with Crippen LogP contribution < -0.4 is 0 Å². The minimum Gasteiger partial charge on any atom is -0.428 e. The Labute approximate surface area is 158 Å². The summed E-state index contributed by atoms with van der Waals surface area (Å²) in [5, 5.41) is 0. The molecular formula is C21H22O6. The number of allylic oxidation sites excluding steroid dienone is 7. The molecule has 0 aliphatic heterocycles. The van der Waals surface area contributed by atoms with Crippen LogP contribution in [0.5, 0.6) is 0 Å². The molecule has 0 N–H and O–H groups in total. The maximum atomic E-state index is 12.3. The standard InChI is InChI=1S/C21H22O6/c1-13(2)19(22)25-16-7-5-15(6-8-16)21(24)27-18-11-9-17(10-12-18)26-20(23)14(3)4/h5,7,9,11H,1,3,6,8,10,12H2,2,4H3. The second-order valence-electron chi connectivity index (χ2n) is 6.32. The molecular weight excluding hydrogens is 348 g/mol. The second kappa shape index (κ2) is 8.98. The van der Waals surface area contributed by atoms with Crippen LogP contribution in [0.25, 0.3) is 0 Å². The Morgan fingerprint density at radius 3 is 1.48 bits per heavy atom. The van der Waals surface area contributed by atoms with Gasteiger partial charge in [0.2, 0.25) is 0 Å². The van der Waals surface area contributed by atoms with Crippen LogP contribution in [-0.4, -0.2) is 17.9 Å². The van der Waals surface area contributed by atoms with Crippen molar-refractivity contribution in [1.82, 2.24) is 0 Å². The van der Waals surface area contributed by atoms with Crippen LogP contribution in [0.3, 0.4) is 0 Å². The van der Waals surface area contributed by atoms with E-state index in [9.17, 15) is 14.4 Å². The molecule has 0 amide bonds. The molecule has 0 unspecified atom stereocenters. The van der Waals surface area contributed by atoms with Gasteiger partial charge in [0.1, 0.15) is 17.3 Å². The first-order valence-corrected chi connectivity index (χ1v) is 8.53. The lowest BCUT2D eigenvalue weighted by atomic mass is 10.0. The Morgan fingerprint density at radius 2 is 1.11 bits per heavy atom. The second-order valence-corrected chi connectivity index (χ2v) is 6.32. The predicted molar refractivity (Wildman–Crippen MR) is 98.7 cm³/mol. The Balaban J connectivity index is 1.92. The molecule has 0 saturated heterocycles. The lowest BCUT2D eigenvalue weighted by Crippen LogP contribution is -2.13. The number of carbonyl (C=O) groups is 3. The maximum Gasteiger partial charge on any atom is 0.339 e. The lowest BCUT2D eigenvalue weighted by Gasteiger charge is -2.17. The monoisotopic (exact) mass is 370 g/mol. The van der Waals surface area contributed by atoms with E-state index < -0.39 is 17.9 Å². The number of hydrogen-bond acceptors (Lipinski definition) is 6. The summed E-state index contributed by atoms with van der Waals surface area (Å²) in [7, 11) is 0. The molecule has 2 aliphatic rings. The number of rotatable bonds is 6. The van der Waals surface area contributed by atoms with Gasteiger partial charge < -0.3 is 14.2 Å². The summed E-state index contributed by atoms with van der Waals surface area (Å²) in [4.78, 5) is 35.2. The van der Waals surface area contributed by atoms with E-state index in [0.717, 1.165) is 0 Å². The predicted octanol–water partition coefficient (Wildman–Crippen LogP) is 3.93. The van der Waals surface area contributed by atoms with Crippen molar-refractivity contribution in [3.05, 3.63) is 71.5 Å². The Kier molecular flexibility index (Phi) is 6.71. The third kappa shape index (κ3) is 5.95. The van der Waals surface area contributed by atoms with Crippen molar-refractivity contribution < 1.29 is 28.6 Å². The largest absolute Gasteiger partial charge is 0.428 e. The zero-order valence-electron chi connectivity index (χ0n) is 15.5. The third-order valence-electron chi connectivity index (χ3n) is 3.81. The quantitative estimate of drug-likeness (QED) is 0.400. The van der Waals surface area contributed by atoms with E-state index in [1.54, 1.807) is 38.2 Å². The first-order chi connectivity index (χ1) is 12.8. The van der Waals surface area contributed by atoms with Gasteiger partial charge in [0.15, 0.2) is 0 Å². The lowest BCUT2D eigenvalue weighted by molar-refractivity contribution is -0.137. The highest BCUT2D eigenvalue weighted by atomic mass is 16.5. The van der Waals surface area contributed by atoms with Crippen molar-refractivity contribution in [2.45, 2.75) is 39.5 Å². The molecule has 0 bridgehead atoms. The van der Waals surface area contributed by atoms with Crippen LogP contribution in [0.4, 0.5) is 0 Å². The summed E-state index contributed by atoms with van der Waals surface area (Å²) >= 11 is 0. The maximum absolute atomic E-state index is 12.3. The highest BCUT2D eigenvalue weighted by Crippen LogP contribution is 2.25. The molecule has 0 saturated carbocycles. The van der Waals surface area contributed by atoms with Crippen LogP contribution in [-0.2, 0) is 28.6 Å². The topological polar surface area (TPSA) is 78.9 Å². The molecule has 6 nitrogen and oxygen atoms in total. The zero-order valence-corrected chi connectivity index (χ0v) is 15.5. The average molecular weight is 370 g/mol. The highest BCUT2D eigenvalue weighted by Gasteiger charge is 2.20. The fourth-order valence-electron chi connectivity index (χ4n) is 2.24. The van der Waals surface area contributed by atoms with E-state index >= 15 is 0 Å². The molecule has 2 rings (SSSR count). The summed E-state index contributed by atoms with van der Waals surface area (Å²) in [6, 6.07) is 0. The van der Waals surface area contributed by atoms with Crippen LogP contribution in [0, 0.1) is 0 Å². The van der Waals surface area contributed by atoms with Gasteiger partial charge in [0.05, 0.1) is 0 Å². The number of hydrogen-bond donors (Lipinski definition) is 0. The average Bonchev–Trinajstić information content (AvgIpc) is 2.63. The third-order valence-corrected chi connectivity index (χ3v) is 3.81. The van der Waals surface area contributed by atoms with Crippen LogP contribution >= 0.6 is 0 Å². The van der Waals surface area contributed by atoms with Crippen molar-refractivity contribution in [2.75, 3.05) is 0 Å². The van der Waals surface area contributed by atoms with Gasteiger partial charge in [-0.2, -0.15) is 0 Å². The van der Waals surface area contributed by atoms with E-state index in [-0.39, 0.29) is 0 Å². The summed E-state index contributed by atoms with van der Waals surface area (Å²) in [5.74, 6) is 0.0911. The Hall–Kier alpha value is -3.15. The molecule has 0 aromatic carbocycles. The van der Waals surface area contributed by atoms with E-state index in [4.69, 9.17) is 14.2 Å². The van der Waals surface area contributed by atoms with Crippen molar-refractivity contribution in [3.8, 4) is 0 Å². The molecule has 2 aliphatic carbocycles. The van der Waals surface area contributed by atoms with Crippen LogP contribution in [0.15, 0.2) is 71.5 Å². The number of esters is 3. The number of carbonyl (C=O) groups excluding carboxylic acids is 3. The molecule has 0 spiro atoms. The first-order valence-electron chi connectivity index (χ1n) is 8.53. The van der Waals surface area contributed by atoms with Crippen molar-refractivity contribution in [3.63, 3.8) is 0 Å². The van der Waals surface area contributed by atoms with Gasteiger partial charge in [0, 0.05) is 36.0 Å². The molecule has 0 atom stereocenters. The molecule has 142 valence electrons. The van der Waals surface area contributed by atoms with E-state index in [1.165, 1.54) is 0 Å². The summed E-state index contributed by atoms with van der Waals surface area (Å²) < 4.78 is 15.7. The minimum atomic E-state index is -0.483. The molecule has 0 aromatic heterocycles. The van der Waals surface area contributed by atoms with Gasteiger partial charge in [-0.05, 0) is 44.6 Å². The van der Waals surface area contributed by atoms with Gasteiger partial charge in [0.25, 0.3) is 0 Å². The van der Waals surface area contributed by atoms with Gasteiger partial charge in [-0.1, -0.05) is 13.2 Å². The van der Waals surface area contributed by atoms with E-state index in [0.29, 0.717) is 59.7 Å². The summed E-state index contributed by atoms with van der Waals surface area (Å²) in [6.45, 7) is 10.2. The fraction of sp³-hybridized carbons (Fsp3) is 0.286. The molecule has 6 heteroatoms. The molecule has 0 aromatic rings.